The highest BCUT2D eigenvalue weighted by molar-refractivity contribution is 7.98. The summed E-state index contributed by atoms with van der Waals surface area (Å²) in [5.41, 5.74) is 1.16. The Labute approximate surface area is 149 Å². The number of rotatable bonds is 7. The summed E-state index contributed by atoms with van der Waals surface area (Å²) in [5, 5.41) is 12.5. The lowest BCUT2D eigenvalue weighted by Gasteiger charge is -2.01. The highest BCUT2D eigenvalue weighted by Crippen LogP contribution is 2.25. The summed E-state index contributed by atoms with van der Waals surface area (Å²) in [4.78, 5) is 13.2. The maximum atomic E-state index is 12.0. The predicted octanol–water partition coefficient (Wildman–Crippen LogP) is 4.40. The summed E-state index contributed by atoms with van der Waals surface area (Å²) in [5.74, 6) is 0.721. The molecule has 3 rings (SSSR count). The van der Waals surface area contributed by atoms with Gasteiger partial charge in [-0.1, -0.05) is 59.9 Å². The van der Waals surface area contributed by atoms with Gasteiger partial charge in [0.15, 0.2) is 0 Å². The number of nitrogens with one attached hydrogen (secondary N) is 1. The van der Waals surface area contributed by atoms with E-state index >= 15 is 0 Å². The summed E-state index contributed by atoms with van der Waals surface area (Å²) >= 11 is 3.14. The second kappa shape index (κ2) is 8.61. The van der Waals surface area contributed by atoms with Crippen molar-refractivity contribution < 1.29 is 4.79 Å². The lowest BCUT2D eigenvalue weighted by molar-refractivity contribution is -0.116. The van der Waals surface area contributed by atoms with Crippen LogP contribution in [-0.2, 0) is 17.0 Å². The first kappa shape index (κ1) is 16.7. The topological polar surface area (TPSA) is 54.9 Å². The average molecular weight is 355 g/mol. The molecule has 0 aliphatic rings. The molecule has 24 heavy (non-hydrogen) atoms. The van der Waals surface area contributed by atoms with Gasteiger partial charge in [-0.2, -0.15) is 0 Å². The molecule has 0 radical (unpaired) electrons. The largest absolute Gasteiger partial charge is 0.301 e. The molecule has 0 fully saturated rings. The maximum Gasteiger partial charge on any atom is 0.226 e. The van der Waals surface area contributed by atoms with E-state index in [9.17, 15) is 4.79 Å². The number of amides is 1. The van der Waals surface area contributed by atoms with Crippen LogP contribution in [0.3, 0.4) is 0 Å². The van der Waals surface area contributed by atoms with Gasteiger partial charge in [-0.15, -0.1) is 22.0 Å². The quantitative estimate of drug-likeness (QED) is 0.638. The number of hydrogen-bond acceptors (Lipinski definition) is 5. The molecule has 3 aromatic rings. The molecule has 122 valence electrons. The van der Waals surface area contributed by atoms with Crippen LogP contribution < -0.4 is 5.32 Å². The Morgan fingerprint density at radius 2 is 1.71 bits per heavy atom. The van der Waals surface area contributed by atoms with E-state index in [1.165, 1.54) is 16.2 Å². The third-order valence-corrected chi connectivity index (χ3v) is 5.35. The van der Waals surface area contributed by atoms with Gasteiger partial charge in [0.25, 0.3) is 0 Å². The first-order valence-electron chi connectivity index (χ1n) is 7.63. The number of hydrogen-bond donors (Lipinski definition) is 1. The molecule has 1 amide bonds. The molecule has 0 saturated heterocycles. The van der Waals surface area contributed by atoms with Crippen molar-refractivity contribution in [3.05, 3.63) is 71.2 Å². The summed E-state index contributed by atoms with van der Waals surface area (Å²) in [6, 6.07) is 20.1. The number of anilines is 1. The van der Waals surface area contributed by atoms with Gasteiger partial charge in [-0.05, 0) is 24.1 Å². The van der Waals surface area contributed by atoms with Crippen molar-refractivity contribution in [1.82, 2.24) is 10.2 Å². The van der Waals surface area contributed by atoms with Crippen LogP contribution in [0.1, 0.15) is 17.0 Å². The van der Waals surface area contributed by atoms with Gasteiger partial charge in [0.1, 0.15) is 5.01 Å². The minimum Gasteiger partial charge on any atom is -0.301 e. The molecular weight excluding hydrogens is 338 g/mol. The number of carbonyl (C=O) groups is 1. The minimum atomic E-state index is -0.0303. The number of carbonyl (C=O) groups excluding carboxylic acids is 1. The lowest BCUT2D eigenvalue weighted by atomic mass is 10.1. The Hall–Kier alpha value is -2.18. The van der Waals surface area contributed by atoms with Crippen LogP contribution in [0.25, 0.3) is 0 Å². The molecule has 1 heterocycles. The standard InChI is InChI=1S/C18H17N3OS2/c22-16(12-11-14-7-3-1-4-8-14)19-18-21-20-17(24-18)13-23-15-9-5-2-6-10-15/h1-10H,11-13H2,(H,19,21,22). The minimum absolute atomic E-state index is 0.0303. The number of nitrogens with zero attached hydrogens (tertiary/aromatic N) is 2. The van der Waals surface area contributed by atoms with Crippen LogP contribution in [0.4, 0.5) is 5.13 Å². The first-order chi connectivity index (χ1) is 11.8. The second-order valence-electron chi connectivity index (χ2n) is 5.14. The van der Waals surface area contributed by atoms with Gasteiger partial charge in [0, 0.05) is 11.3 Å². The van der Waals surface area contributed by atoms with E-state index in [1.807, 2.05) is 48.5 Å². The van der Waals surface area contributed by atoms with Crippen LogP contribution in [0.2, 0.25) is 0 Å². The normalized spacial score (nSPS) is 10.5. The third-order valence-electron chi connectivity index (χ3n) is 3.30. The molecule has 2 aromatic carbocycles. The molecule has 0 saturated carbocycles. The van der Waals surface area contributed by atoms with Crippen molar-refractivity contribution >= 4 is 34.1 Å². The Bertz CT molecular complexity index is 775. The fourth-order valence-corrected chi connectivity index (χ4v) is 3.77. The zero-order chi connectivity index (χ0) is 16.6. The zero-order valence-corrected chi connectivity index (χ0v) is 14.6. The maximum absolute atomic E-state index is 12.0. The van der Waals surface area contributed by atoms with Crippen molar-refractivity contribution in [2.75, 3.05) is 5.32 Å². The SMILES string of the molecule is O=C(CCc1ccccc1)Nc1nnc(CSc2ccccc2)s1. The van der Waals surface area contributed by atoms with Gasteiger partial charge in [-0.3, -0.25) is 4.79 Å². The lowest BCUT2D eigenvalue weighted by Crippen LogP contribution is -2.12. The molecule has 1 N–H and O–H groups in total. The van der Waals surface area contributed by atoms with Gasteiger partial charge in [-0.25, -0.2) is 0 Å². The Kier molecular flexibility index (Phi) is 5.98. The van der Waals surface area contributed by atoms with Gasteiger partial charge >= 0.3 is 0 Å². The van der Waals surface area contributed by atoms with Crippen molar-refractivity contribution in [2.45, 2.75) is 23.5 Å². The summed E-state index contributed by atoms with van der Waals surface area (Å²) in [7, 11) is 0. The Morgan fingerprint density at radius 1 is 1.00 bits per heavy atom. The molecule has 0 bridgehead atoms. The van der Waals surface area contributed by atoms with E-state index in [0.29, 0.717) is 11.6 Å². The highest BCUT2D eigenvalue weighted by Gasteiger charge is 2.09. The van der Waals surface area contributed by atoms with E-state index in [2.05, 4.69) is 27.6 Å². The second-order valence-corrected chi connectivity index (χ2v) is 7.25. The molecule has 0 atom stereocenters. The van der Waals surface area contributed by atoms with Crippen LogP contribution >= 0.6 is 23.1 Å². The van der Waals surface area contributed by atoms with Crippen molar-refractivity contribution in [3.8, 4) is 0 Å². The number of benzene rings is 2. The summed E-state index contributed by atoms with van der Waals surface area (Å²) in [6.07, 6.45) is 1.17. The monoisotopic (exact) mass is 355 g/mol. The van der Waals surface area contributed by atoms with E-state index in [4.69, 9.17) is 0 Å². The molecule has 4 nitrogen and oxygen atoms in total. The Morgan fingerprint density at radius 3 is 2.46 bits per heavy atom. The van der Waals surface area contributed by atoms with Crippen LogP contribution in [-0.4, -0.2) is 16.1 Å². The van der Waals surface area contributed by atoms with Gasteiger partial charge < -0.3 is 5.32 Å². The predicted molar refractivity (Wildman–Crippen MR) is 99.3 cm³/mol. The van der Waals surface area contributed by atoms with Gasteiger partial charge in [0.05, 0.1) is 5.75 Å². The number of thioether (sulfide) groups is 1. The summed E-state index contributed by atoms with van der Waals surface area (Å²) in [6.45, 7) is 0. The van der Waals surface area contributed by atoms with Crippen LogP contribution in [0, 0.1) is 0 Å². The van der Waals surface area contributed by atoms with Crippen molar-refractivity contribution in [3.63, 3.8) is 0 Å². The van der Waals surface area contributed by atoms with E-state index in [0.717, 1.165) is 22.7 Å². The molecule has 1 aromatic heterocycles. The van der Waals surface area contributed by atoms with Crippen molar-refractivity contribution in [2.24, 2.45) is 0 Å². The zero-order valence-electron chi connectivity index (χ0n) is 13.0. The average Bonchev–Trinajstić information content (AvgIpc) is 3.07. The molecule has 6 heteroatoms. The molecule has 0 aliphatic carbocycles. The third kappa shape index (κ3) is 5.18. The first-order valence-corrected chi connectivity index (χ1v) is 9.44. The van der Waals surface area contributed by atoms with Crippen molar-refractivity contribution in [1.29, 1.82) is 0 Å². The van der Waals surface area contributed by atoms with Crippen LogP contribution in [0.5, 0.6) is 0 Å². The number of aryl methyl sites for hydroxylation is 1. The molecule has 0 aliphatic heterocycles. The highest BCUT2D eigenvalue weighted by atomic mass is 32.2. The van der Waals surface area contributed by atoms with E-state index < -0.39 is 0 Å². The smallest absolute Gasteiger partial charge is 0.226 e. The molecule has 0 spiro atoms. The van der Waals surface area contributed by atoms with Crippen LogP contribution in [0.15, 0.2) is 65.6 Å². The molecular formula is C18H17N3OS2. The van der Waals surface area contributed by atoms with Gasteiger partial charge in [0.2, 0.25) is 11.0 Å². The van der Waals surface area contributed by atoms with E-state index in [1.54, 1.807) is 11.8 Å². The number of aromatic nitrogens is 2. The molecule has 0 unspecified atom stereocenters. The van der Waals surface area contributed by atoms with E-state index in [-0.39, 0.29) is 5.91 Å². The fourth-order valence-electron chi connectivity index (χ4n) is 2.11. The fraction of sp³-hybridized carbons (Fsp3) is 0.167. The summed E-state index contributed by atoms with van der Waals surface area (Å²) < 4.78 is 0. The Balaban J connectivity index is 1.46.